The smallest absolute Gasteiger partial charge is 0.324 e. The number of hydrogen-bond donors (Lipinski definition) is 0. The lowest BCUT2D eigenvalue weighted by atomic mass is 10.1. The summed E-state index contributed by atoms with van der Waals surface area (Å²) in [5, 5.41) is 0. The molecule has 2 aromatic rings. The molecule has 1 aliphatic rings. The number of nitrogens with zero attached hydrogens (tertiary/aromatic N) is 3. The zero-order valence-electron chi connectivity index (χ0n) is 15.0. The first kappa shape index (κ1) is 18.0. The van der Waals surface area contributed by atoms with Crippen LogP contribution in [0.3, 0.4) is 0 Å². The van der Waals surface area contributed by atoms with Gasteiger partial charge in [0.15, 0.2) is 0 Å². The van der Waals surface area contributed by atoms with Crippen molar-refractivity contribution in [3.05, 3.63) is 48.5 Å². The zero-order valence-corrected chi connectivity index (χ0v) is 15.8. The van der Waals surface area contributed by atoms with Crippen molar-refractivity contribution < 1.29 is 9.53 Å². The molecule has 0 unspecified atom stereocenters. The molecule has 0 N–H and O–H groups in total. The van der Waals surface area contributed by atoms with E-state index in [1.807, 2.05) is 43.3 Å². The molecule has 0 bridgehead atoms. The molecule has 1 aromatic heterocycles. The van der Waals surface area contributed by atoms with Crippen molar-refractivity contribution in [3.8, 4) is 5.69 Å². The summed E-state index contributed by atoms with van der Waals surface area (Å²) in [4.78, 5) is 18.8. The molecule has 0 radical (unpaired) electrons. The summed E-state index contributed by atoms with van der Waals surface area (Å²) >= 11 is 1.82. The van der Waals surface area contributed by atoms with Crippen molar-refractivity contribution in [2.45, 2.75) is 39.0 Å². The second kappa shape index (κ2) is 7.62. The van der Waals surface area contributed by atoms with E-state index in [1.165, 1.54) is 5.56 Å². The van der Waals surface area contributed by atoms with Gasteiger partial charge in [0.2, 0.25) is 0 Å². The average Bonchev–Trinajstić information content (AvgIpc) is 3.09. The van der Waals surface area contributed by atoms with E-state index in [4.69, 9.17) is 4.74 Å². The van der Waals surface area contributed by atoms with Crippen LogP contribution in [0.25, 0.3) is 5.69 Å². The van der Waals surface area contributed by atoms with Crippen molar-refractivity contribution in [3.63, 3.8) is 0 Å². The van der Waals surface area contributed by atoms with Crippen molar-refractivity contribution in [1.29, 1.82) is 0 Å². The molecule has 3 rings (SSSR count). The van der Waals surface area contributed by atoms with E-state index in [-0.39, 0.29) is 12.0 Å². The number of rotatable bonds is 4. The molecule has 1 saturated heterocycles. The maximum atomic E-state index is 12.5. The Morgan fingerprint density at radius 2 is 2.08 bits per heavy atom. The van der Waals surface area contributed by atoms with Crippen molar-refractivity contribution in [1.82, 2.24) is 14.5 Å². The van der Waals surface area contributed by atoms with Gasteiger partial charge in [0.25, 0.3) is 0 Å². The second-order valence-corrected chi connectivity index (χ2v) is 8.38. The Hall–Kier alpha value is -1.79. The van der Waals surface area contributed by atoms with Crippen molar-refractivity contribution >= 4 is 17.7 Å². The lowest BCUT2D eigenvalue weighted by molar-refractivity contribution is -0.160. The Morgan fingerprint density at radius 1 is 1.32 bits per heavy atom. The van der Waals surface area contributed by atoms with Crippen LogP contribution in [0.2, 0.25) is 0 Å². The van der Waals surface area contributed by atoms with Gasteiger partial charge in [0.1, 0.15) is 11.6 Å². The van der Waals surface area contributed by atoms with Gasteiger partial charge in [-0.3, -0.25) is 9.69 Å². The molecule has 0 spiro atoms. The molecule has 1 aromatic carbocycles. The number of carbonyl (C=O) groups is 1. The predicted molar refractivity (Wildman–Crippen MR) is 101 cm³/mol. The first-order valence-corrected chi connectivity index (χ1v) is 9.70. The highest BCUT2D eigenvalue weighted by atomic mass is 32.2. The van der Waals surface area contributed by atoms with Crippen molar-refractivity contribution in [2.24, 2.45) is 0 Å². The number of ether oxygens (including phenoxy) is 1. The fourth-order valence-corrected chi connectivity index (χ4v) is 3.93. The minimum absolute atomic E-state index is 0.116. The number of hydrogen-bond acceptors (Lipinski definition) is 5. The topological polar surface area (TPSA) is 47.4 Å². The Labute approximate surface area is 153 Å². The highest BCUT2D eigenvalue weighted by molar-refractivity contribution is 7.99. The summed E-state index contributed by atoms with van der Waals surface area (Å²) in [5.74, 6) is 1.73. The van der Waals surface area contributed by atoms with E-state index in [2.05, 4.69) is 34.1 Å². The van der Waals surface area contributed by atoms with Crippen molar-refractivity contribution in [2.75, 3.05) is 18.1 Å². The maximum Gasteiger partial charge on any atom is 0.324 e. The largest absolute Gasteiger partial charge is 0.459 e. The molecule has 1 fully saturated rings. The van der Waals surface area contributed by atoms with E-state index in [0.29, 0.717) is 0 Å². The summed E-state index contributed by atoms with van der Waals surface area (Å²) in [6.45, 7) is 7.41. The third-order valence-electron chi connectivity index (χ3n) is 4.04. The molecule has 1 atom stereocenters. The van der Waals surface area contributed by atoms with Crippen LogP contribution < -0.4 is 0 Å². The highest BCUT2D eigenvalue weighted by Crippen LogP contribution is 2.22. The molecular weight excluding hydrogens is 334 g/mol. The van der Waals surface area contributed by atoms with E-state index in [9.17, 15) is 4.79 Å². The molecule has 0 aliphatic carbocycles. The molecular formula is C19H25N3O2S. The monoisotopic (exact) mass is 359 g/mol. The van der Waals surface area contributed by atoms with E-state index < -0.39 is 5.60 Å². The van der Waals surface area contributed by atoms with Gasteiger partial charge in [-0.1, -0.05) is 12.1 Å². The molecule has 1 aliphatic heterocycles. The van der Waals surface area contributed by atoms with Crippen LogP contribution >= 0.6 is 11.8 Å². The van der Waals surface area contributed by atoms with Gasteiger partial charge in [-0.25, -0.2) is 4.98 Å². The Morgan fingerprint density at radius 3 is 2.72 bits per heavy atom. The van der Waals surface area contributed by atoms with Crippen LogP contribution in [0.5, 0.6) is 0 Å². The summed E-state index contributed by atoms with van der Waals surface area (Å²) in [6, 6.07) is 8.22. The van der Waals surface area contributed by atoms with Gasteiger partial charge >= 0.3 is 5.97 Å². The fraction of sp³-hybridized carbons (Fsp3) is 0.474. The third kappa shape index (κ3) is 4.86. The van der Waals surface area contributed by atoms with E-state index in [0.717, 1.165) is 30.3 Å². The summed E-state index contributed by atoms with van der Waals surface area (Å²) < 4.78 is 7.59. The minimum atomic E-state index is -0.447. The lowest BCUT2D eigenvalue weighted by Gasteiger charge is -2.35. The second-order valence-electron chi connectivity index (χ2n) is 7.23. The highest BCUT2D eigenvalue weighted by Gasteiger charge is 2.32. The normalized spacial score (nSPS) is 18.9. The Balaban J connectivity index is 1.68. The Bertz CT molecular complexity index is 692. The molecule has 5 nitrogen and oxygen atoms in total. The number of thioether (sulfide) groups is 1. The third-order valence-corrected chi connectivity index (χ3v) is 5.07. The summed E-state index contributed by atoms with van der Waals surface area (Å²) in [6.07, 6.45) is 5.48. The molecule has 0 saturated carbocycles. The van der Waals surface area contributed by atoms with Crippen LogP contribution in [-0.4, -0.2) is 50.1 Å². The predicted octanol–water partition coefficient (Wildman–Crippen LogP) is 3.13. The minimum Gasteiger partial charge on any atom is -0.459 e. The molecule has 2 heterocycles. The van der Waals surface area contributed by atoms with Gasteiger partial charge in [0, 0.05) is 42.7 Å². The zero-order chi connectivity index (χ0) is 17.9. The number of esters is 1. The number of aromatic nitrogens is 2. The number of carbonyl (C=O) groups excluding carboxylic acids is 1. The van der Waals surface area contributed by atoms with Gasteiger partial charge in [-0.2, -0.15) is 11.8 Å². The van der Waals surface area contributed by atoms with Crippen LogP contribution in [0.15, 0.2) is 43.0 Å². The molecule has 25 heavy (non-hydrogen) atoms. The molecule has 6 heteroatoms. The SMILES string of the molecule is CC(C)(C)OC(=O)[C@@H]1CSCCN1Cc1ccc(-n2ccnc2)cc1. The van der Waals surface area contributed by atoms with E-state index >= 15 is 0 Å². The van der Waals surface area contributed by atoms with Crippen LogP contribution in [0, 0.1) is 0 Å². The van der Waals surface area contributed by atoms with Gasteiger partial charge < -0.3 is 9.30 Å². The fourth-order valence-electron chi connectivity index (χ4n) is 2.83. The first-order valence-electron chi connectivity index (χ1n) is 8.54. The first-order chi connectivity index (χ1) is 11.9. The van der Waals surface area contributed by atoms with Gasteiger partial charge in [0.05, 0.1) is 6.33 Å². The van der Waals surface area contributed by atoms with Gasteiger partial charge in [-0.05, 0) is 38.5 Å². The summed E-state index contributed by atoms with van der Waals surface area (Å²) in [5.41, 5.74) is 1.83. The number of imidazole rings is 1. The standard InChI is InChI=1S/C19H25N3O2S/c1-19(2,3)24-18(23)17-13-25-11-10-21(17)12-15-4-6-16(7-5-15)22-9-8-20-14-22/h4-9,14,17H,10-13H2,1-3H3/t17-/m0/s1. The molecule has 134 valence electrons. The van der Waals surface area contributed by atoms with Crippen LogP contribution in [0.4, 0.5) is 0 Å². The summed E-state index contributed by atoms with van der Waals surface area (Å²) in [7, 11) is 0. The average molecular weight is 359 g/mol. The lowest BCUT2D eigenvalue weighted by Crippen LogP contribution is -2.49. The Kier molecular flexibility index (Phi) is 5.49. The van der Waals surface area contributed by atoms with Crippen LogP contribution in [0.1, 0.15) is 26.3 Å². The van der Waals surface area contributed by atoms with Crippen LogP contribution in [-0.2, 0) is 16.1 Å². The van der Waals surface area contributed by atoms with E-state index in [1.54, 1.807) is 12.5 Å². The quantitative estimate of drug-likeness (QED) is 0.785. The van der Waals surface area contributed by atoms with Gasteiger partial charge in [-0.15, -0.1) is 0 Å². The molecule has 0 amide bonds. The maximum absolute atomic E-state index is 12.5. The number of benzene rings is 1.